The molecule has 0 aromatic heterocycles. The van der Waals surface area contributed by atoms with Gasteiger partial charge in [0.1, 0.15) is 0 Å². The topological polar surface area (TPSA) is 20.2 Å². The summed E-state index contributed by atoms with van der Waals surface area (Å²) in [6.45, 7) is 2.23. The van der Waals surface area contributed by atoms with E-state index in [9.17, 15) is 5.11 Å². The number of hydrogen-bond donors (Lipinski definition) is 1. The molecule has 0 bridgehead atoms. The zero-order chi connectivity index (χ0) is 13.2. The highest BCUT2D eigenvalue weighted by atomic mass is 79.9. The standard InChI is InChI=1S/C15H23BrOS/c1-2-3-4-5-6-9-14(17)12-18-15-10-7-8-13(16)11-15/h7-8,10-11,14,17H,2-6,9,12H2,1H3. The molecule has 0 saturated heterocycles. The predicted octanol–water partition coefficient (Wildman–Crippen LogP) is 5.26. The quantitative estimate of drug-likeness (QED) is 0.492. The van der Waals surface area contributed by atoms with Crippen LogP contribution < -0.4 is 0 Å². The van der Waals surface area contributed by atoms with Crippen LogP contribution in [0.25, 0.3) is 0 Å². The summed E-state index contributed by atoms with van der Waals surface area (Å²) in [5.74, 6) is 0.796. The monoisotopic (exact) mass is 330 g/mol. The van der Waals surface area contributed by atoms with E-state index in [1.54, 1.807) is 11.8 Å². The van der Waals surface area contributed by atoms with Crippen LogP contribution in [-0.4, -0.2) is 17.0 Å². The maximum absolute atomic E-state index is 9.90. The molecule has 1 aromatic carbocycles. The molecule has 0 saturated carbocycles. The number of benzene rings is 1. The number of rotatable bonds is 9. The maximum atomic E-state index is 9.90. The van der Waals surface area contributed by atoms with Gasteiger partial charge in [-0.15, -0.1) is 11.8 Å². The van der Waals surface area contributed by atoms with Crippen LogP contribution in [0.3, 0.4) is 0 Å². The van der Waals surface area contributed by atoms with Gasteiger partial charge in [0.25, 0.3) is 0 Å². The van der Waals surface area contributed by atoms with Gasteiger partial charge in [0.15, 0.2) is 0 Å². The Morgan fingerprint density at radius 3 is 2.72 bits per heavy atom. The Morgan fingerprint density at radius 2 is 2.00 bits per heavy atom. The van der Waals surface area contributed by atoms with Crippen molar-refractivity contribution in [1.82, 2.24) is 0 Å². The minimum Gasteiger partial charge on any atom is -0.392 e. The number of thioether (sulfide) groups is 1. The molecule has 1 nitrogen and oxygen atoms in total. The molecule has 0 spiro atoms. The first-order valence-electron chi connectivity index (χ1n) is 6.78. The lowest BCUT2D eigenvalue weighted by Gasteiger charge is -2.10. The third-order valence-corrected chi connectivity index (χ3v) is 4.51. The van der Waals surface area contributed by atoms with Crippen molar-refractivity contribution in [2.75, 3.05) is 5.75 Å². The van der Waals surface area contributed by atoms with Gasteiger partial charge in [0, 0.05) is 15.1 Å². The van der Waals surface area contributed by atoms with Gasteiger partial charge < -0.3 is 5.11 Å². The minimum atomic E-state index is -0.171. The first-order valence-corrected chi connectivity index (χ1v) is 8.56. The van der Waals surface area contributed by atoms with Crippen molar-refractivity contribution in [3.63, 3.8) is 0 Å². The van der Waals surface area contributed by atoms with E-state index < -0.39 is 0 Å². The van der Waals surface area contributed by atoms with Gasteiger partial charge >= 0.3 is 0 Å². The summed E-state index contributed by atoms with van der Waals surface area (Å²) in [4.78, 5) is 1.22. The molecule has 0 amide bonds. The van der Waals surface area contributed by atoms with E-state index in [2.05, 4.69) is 35.0 Å². The third kappa shape index (κ3) is 7.45. The van der Waals surface area contributed by atoms with Crippen molar-refractivity contribution in [1.29, 1.82) is 0 Å². The summed E-state index contributed by atoms with van der Waals surface area (Å²) in [6, 6.07) is 8.24. The first kappa shape index (κ1) is 16.1. The molecule has 1 atom stereocenters. The van der Waals surface area contributed by atoms with Crippen molar-refractivity contribution in [3.8, 4) is 0 Å². The van der Waals surface area contributed by atoms with E-state index in [0.29, 0.717) is 0 Å². The van der Waals surface area contributed by atoms with Gasteiger partial charge in [0.05, 0.1) is 6.10 Å². The second kappa shape index (κ2) is 9.88. The van der Waals surface area contributed by atoms with Crippen LogP contribution in [0.5, 0.6) is 0 Å². The highest BCUT2D eigenvalue weighted by Crippen LogP contribution is 2.23. The van der Waals surface area contributed by atoms with Gasteiger partial charge in [-0.05, 0) is 24.6 Å². The van der Waals surface area contributed by atoms with Crippen LogP contribution in [0.2, 0.25) is 0 Å². The van der Waals surface area contributed by atoms with Crippen molar-refractivity contribution in [2.45, 2.75) is 56.4 Å². The highest BCUT2D eigenvalue weighted by Gasteiger charge is 2.05. The van der Waals surface area contributed by atoms with E-state index in [-0.39, 0.29) is 6.10 Å². The summed E-state index contributed by atoms with van der Waals surface area (Å²) in [7, 11) is 0. The van der Waals surface area contributed by atoms with Crippen molar-refractivity contribution in [2.24, 2.45) is 0 Å². The Labute approximate surface area is 124 Å². The fourth-order valence-corrected chi connectivity index (χ4v) is 3.30. The molecule has 0 aliphatic rings. The molecule has 0 fully saturated rings. The fraction of sp³-hybridized carbons (Fsp3) is 0.600. The Bertz CT molecular complexity index is 330. The van der Waals surface area contributed by atoms with E-state index in [4.69, 9.17) is 0 Å². The SMILES string of the molecule is CCCCCCCC(O)CSc1cccc(Br)c1. The van der Waals surface area contributed by atoms with Crippen molar-refractivity contribution in [3.05, 3.63) is 28.7 Å². The van der Waals surface area contributed by atoms with Crippen LogP contribution in [0, 0.1) is 0 Å². The summed E-state index contributed by atoms with van der Waals surface area (Å²) in [6.07, 6.45) is 7.08. The first-order chi connectivity index (χ1) is 8.72. The molecule has 102 valence electrons. The van der Waals surface area contributed by atoms with E-state index >= 15 is 0 Å². The van der Waals surface area contributed by atoms with Crippen molar-refractivity contribution >= 4 is 27.7 Å². The maximum Gasteiger partial charge on any atom is 0.0634 e. The van der Waals surface area contributed by atoms with E-state index in [0.717, 1.165) is 23.1 Å². The smallest absolute Gasteiger partial charge is 0.0634 e. The number of aliphatic hydroxyl groups excluding tert-OH is 1. The average Bonchev–Trinajstić information content (AvgIpc) is 2.36. The van der Waals surface area contributed by atoms with Crippen LogP contribution in [-0.2, 0) is 0 Å². The molecule has 1 unspecified atom stereocenters. The predicted molar refractivity (Wildman–Crippen MR) is 84.2 cm³/mol. The normalized spacial score (nSPS) is 12.6. The Hall–Kier alpha value is 0.01000. The molecule has 3 heteroatoms. The van der Waals surface area contributed by atoms with Crippen LogP contribution >= 0.6 is 27.7 Å². The minimum absolute atomic E-state index is 0.171. The van der Waals surface area contributed by atoms with Gasteiger partial charge in [-0.25, -0.2) is 0 Å². The number of aliphatic hydroxyl groups is 1. The molecular formula is C15H23BrOS. The Kier molecular flexibility index (Phi) is 8.82. The number of unbranched alkanes of at least 4 members (excludes halogenated alkanes) is 4. The molecule has 18 heavy (non-hydrogen) atoms. The van der Waals surface area contributed by atoms with Gasteiger partial charge in [0.2, 0.25) is 0 Å². The van der Waals surface area contributed by atoms with E-state index in [1.165, 1.54) is 30.6 Å². The van der Waals surface area contributed by atoms with Crippen LogP contribution in [0.15, 0.2) is 33.6 Å². The highest BCUT2D eigenvalue weighted by molar-refractivity contribution is 9.10. The lowest BCUT2D eigenvalue weighted by molar-refractivity contribution is 0.185. The summed E-state index contributed by atoms with van der Waals surface area (Å²) < 4.78 is 1.10. The molecule has 0 aliphatic heterocycles. The molecular weight excluding hydrogens is 308 g/mol. The molecule has 0 heterocycles. The lowest BCUT2D eigenvalue weighted by atomic mass is 10.1. The molecule has 1 N–H and O–H groups in total. The number of halogens is 1. The summed E-state index contributed by atoms with van der Waals surface area (Å²) in [5.41, 5.74) is 0. The van der Waals surface area contributed by atoms with Gasteiger partial charge in [-0.1, -0.05) is 61.0 Å². The molecule has 1 aromatic rings. The number of hydrogen-bond acceptors (Lipinski definition) is 2. The fourth-order valence-electron chi connectivity index (χ4n) is 1.82. The summed E-state index contributed by atoms with van der Waals surface area (Å²) >= 11 is 5.19. The average molecular weight is 331 g/mol. The lowest BCUT2D eigenvalue weighted by Crippen LogP contribution is -2.09. The largest absolute Gasteiger partial charge is 0.392 e. The second-order valence-electron chi connectivity index (χ2n) is 4.63. The molecule has 0 aliphatic carbocycles. The third-order valence-electron chi connectivity index (χ3n) is 2.88. The van der Waals surface area contributed by atoms with Crippen LogP contribution in [0.1, 0.15) is 45.4 Å². The Morgan fingerprint density at radius 1 is 1.22 bits per heavy atom. The zero-order valence-corrected chi connectivity index (χ0v) is 13.5. The molecule has 1 rings (SSSR count). The zero-order valence-electron chi connectivity index (χ0n) is 11.1. The van der Waals surface area contributed by atoms with Crippen molar-refractivity contribution < 1.29 is 5.11 Å². The van der Waals surface area contributed by atoms with Gasteiger partial charge in [-0.2, -0.15) is 0 Å². The second-order valence-corrected chi connectivity index (χ2v) is 6.63. The van der Waals surface area contributed by atoms with Crippen LogP contribution in [0.4, 0.5) is 0 Å². The van der Waals surface area contributed by atoms with Gasteiger partial charge in [-0.3, -0.25) is 0 Å². The Balaban J connectivity index is 2.11. The molecule has 0 radical (unpaired) electrons. The van der Waals surface area contributed by atoms with E-state index in [1.807, 2.05) is 12.1 Å². The summed E-state index contributed by atoms with van der Waals surface area (Å²) in [5, 5.41) is 9.90.